The molecule has 0 aromatic heterocycles. The van der Waals surface area contributed by atoms with Gasteiger partial charge in [0.15, 0.2) is 0 Å². The van der Waals surface area contributed by atoms with Gasteiger partial charge in [0.25, 0.3) is 0 Å². The predicted octanol–water partition coefficient (Wildman–Crippen LogP) is 1.30. The highest BCUT2D eigenvalue weighted by Gasteiger charge is 2.04. The quantitative estimate of drug-likeness (QED) is 0.739. The normalized spacial score (nSPS) is 10.0. The molecule has 0 radical (unpaired) electrons. The Labute approximate surface area is 90.4 Å². The molecule has 0 bridgehead atoms. The van der Waals surface area contributed by atoms with Crippen LogP contribution < -0.4 is 5.32 Å². The van der Waals surface area contributed by atoms with E-state index in [0.717, 1.165) is 11.1 Å². The lowest BCUT2D eigenvalue weighted by molar-refractivity contribution is -0.120. The fourth-order valence-corrected chi connectivity index (χ4v) is 1.34. The second-order valence-corrected chi connectivity index (χ2v) is 3.45. The van der Waals surface area contributed by atoms with E-state index in [2.05, 4.69) is 5.32 Å². The molecule has 3 heteroatoms. The summed E-state index contributed by atoms with van der Waals surface area (Å²) in [6.07, 6.45) is 0.441. The Kier molecular flexibility index (Phi) is 4.84. The van der Waals surface area contributed by atoms with E-state index >= 15 is 0 Å². The molecule has 1 amide bonds. The van der Waals surface area contributed by atoms with Crippen LogP contribution in [0.3, 0.4) is 0 Å². The third kappa shape index (κ3) is 4.13. The minimum Gasteiger partial charge on any atom is -0.383 e. The zero-order chi connectivity index (χ0) is 11.1. The lowest BCUT2D eigenvalue weighted by atomic mass is 10.1. The van der Waals surface area contributed by atoms with Gasteiger partial charge >= 0.3 is 0 Å². The van der Waals surface area contributed by atoms with Crippen LogP contribution in [0.2, 0.25) is 0 Å². The molecule has 0 atom stereocenters. The topological polar surface area (TPSA) is 38.3 Å². The zero-order valence-electron chi connectivity index (χ0n) is 9.25. The molecule has 0 fully saturated rings. The van der Waals surface area contributed by atoms with E-state index in [-0.39, 0.29) is 5.91 Å². The number of hydrogen-bond acceptors (Lipinski definition) is 2. The number of carbonyl (C=O) groups is 1. The van der Waals surface area contributed by atoms with E-state index in [0.29, 0.717) is 19.6 Å². The van der Waals surface area contributed by atoms with Crippen molar-refractivity contribution in [3.05, 3.63) is 35.4 Å². The lowest BCUT2D eigenvalue weighted by Crippen LogP contribution is -2.28. The summed E-state index contributed by atoms with van der Waals surface area (Å²) in [5, 5.41) is 2.80. The second-order valence-electron chi connectivity index (χ2n) is 3.45. The van der Waals surface area contributed by atoms with Gasteiger partial charge in [-0.3, -0.25) is 4.79 Å². The minimum absolute atomic E-state index is 0.0429. The molecule has 15 heavy (non-hydrogen) atoms. The van der Waals surface area contributed by atoms with Crippen molar-refractivity contribution in [2.45, 2.75) is 13.3 Å². The standard InChI is InChI=1S/C12H17NO2/c1-10-5-3-4-6-11(10)9-12(14)13-7-8-15-2/h3-6H,7-9H2,1-2H3,(H,13,14). The number of methoxy groups -OCH3 is 1. The highest BCUT2D eigenvalue weighted by Crippen LogP contribution is 2.07. The highest BCUT2D eigenvalue weighted by atomic mass is 16.5. The van der Waals surface area contributed by atoms with Crippen molar-refractivity contribution in [2.24, 2.45) is 0 Å². The van der Waals surface area contributed by atoms with Crippen molar-refractivity contribution in [1.82, 2.24) is 5.32 Å². The molecule has 0 aliphatic carbocycles. The number of carbonyl (C=O) groups excluding carboxylic acids is 1. The molecule has 0 saturated heterocycles. The molecule has 0 aliphatic rings. The van der Waals surface area contributed by atoms with Crippen LogP contribution in [0, 0.1) is 6.92 Å². The van der Waals surface area contributed by atoms with Gasteiger partial charge in [-0.05, 0) is 18.1 Å². The molecular formula is C12H17NO2. The van der Waals surface area contributed by atoms with Crippen LogP contribution in [-0.4, -0.2) is 26.2 Å². The Morgan fingerprint density at radius 2 is 2.13 bits per heavy atom. The van der Waals surface area contributed by atoms with Gasteiger partial charge in [-0.1, -0.05) is 24.3 Å². The number of amides is 1. The summed E-state index contributed by atoms with van der Waals surface area (Å²) >= 11 is 0. The van der Waals surface area contributed by atoms with Crippen molar-refractivity contribution < 1.29 is 9.53 Å². The third-order valence-corrected chi connectivity index (χ3v) is 2.24. The van der Waals surface area contributed by atoms with Crippen molar-refractivity contribution >= 4 is 5.91 Å². The summed E-state index contributed by atoms with van der Waals surface area (Å²) in [7, 11) is 1.62. The monoisotopic (exact) mass is 207 g/mol. The molecule has 1 N–H and O–H groups in total. The lowest BCUT2D eigenvalue weighted by Gasteiger charge is -2.06. The molecule has 0 heterocycles. The van der Waals surface area contributed by atoms with Crippen molar-refractivity contribution in [1.29, 1.82) is 0 Å². The Hall–Kier alpha value is -1.35. The summed E-state index contributed by atoms with van der Waals surface area (Å²) in [5.74, 6) is 0.0429. The Bertz CT molecular complexity index is 323. The van der Waals surface area contributed by atoms with E-state index in [4.69, 9.17) is 4.74 Å². The van der Waals surface area contributed by atoms with Crippen LogP contribution in [0.5, 0.6) is 0 Å². The minimum atomic E-state index is 0.0429. The summed E-state index contributed by atoms with van der Waals surface area (Å²) in [5.41, 5.74) is 2.23. The summed E-state index contributed by atoms with van der Waals surface area (Å²) < 4.78 is 4.85. The van der Waals surface area contributed by atoms with Gasteiger partial charge in [-0.2, -0.15) is 0 Å². The van der Waals surface area contributed by atoms with Gasteiger partial charge < -0.3 is 10.1 Å². The molecule has 0 unspecified atom stereocenters. The highest BCUT2D eigenvalue weighted by molar-refractivity contribution is 5.78. The van der Waals surface area contributed by atoms with Gasteiger partial charge in [0.1, 0.15) is 0 Å². The van der Waals surface area contributed by atoms with Crippen LogP contribution in [-0.2, 0) is 16.0 Å². The van der Waals surface area contributed by atoms with Crippen LogP contribution in [0.15, 0.2) is 24.3 Å². The smallest absolute Gasteiger partial charge is 0.224 e. The first kappa shape index (κ1) is 11.7. The molecule has 3 nitrogen and oxygen atoms in total. The molecular weight excluding hydrogens is 190 g/mol. The van der Waals surface area contributed by atoms with Crippen LogP contribution in [0.1, 0.15) is 11.1 Å². The van der Waals surface area contributed by atoms with Gasteiger partial charge in [0, 0.05) is 13.7 Å². The maximum Gasteiger partial charge on any atom is 0.224 e. The Morgan fingerprint density at radius 1 is 1.40 bits per heavy atom. The fourth-order valence-electron chi connectivity index (χ4n) is 1.34. The summed E-state index contributed by atoms with van der Waals surface area (Å²) in [4.78, 5) is 11.5. The van der Waals surface area contributed by atoms with Crippen molar-refractivity contribution in [3.8, 4) is 0 Å². The molecule has 1 aromatic carbocycles. The van der Waals surface area contributed by atoms with E-state index < -0.39 is 0 Å². The summed E-state index contributed by atoms with van der Waals surface area (Å²) in [6, 6.07) is 7.91. The first-order valence-electron chi connectivity index (χ1n) is 5.04. The summed E-state index contributed by atoms with van der Waals surface area (Å²) in [6.45, 7) is 3.14. The Balaban J connectivity index is 2.41. The molecule has 0 aliphatic heterocycles. The van der Waals surface area contributed by atoms with E-state index in [1.165, 1.54) is 0 Å². The molecule has 1 aromatic rings. The van der Waals surface area contributed by atoms with Crippen molar-refractivity contribution in [2.75, 3.05) is 20.3 Å². The number of nitrogens with one attached hydrogen (secondary N) is 1. The first-order valence-corrected chi connectivity index (χ1v) is 5.04. The maximum absolute atomic E-state index is 11.5. The van der Waals surface area contributed by atoms with Gasteiger partial charge in [-0.15, -0.1) is 0 Å². The third-order valence-electron chi connectivity index (χ3n) is 2.24. The zero-order valence-corrected chi connectivity index (χ0v) is 9.25. The Morgan fingerprint density at radius 3 is 2.80 bits per heavy atom. The number of benzene rings is 1. The number of rotatable bonds is 5. The van der Waals surface area contributed by atoms with E-state index in [9.17, 15) is 4.79 Å². The van der Waals surface area contributed by atoms with E-state index in [1.807, 2.05) is 31.2 Å². The number of aryl methyl sites for hydroxylation is 1. The number of ether oxygens (including phenoxy) is 1. The predicted molar refractivity (Wildman–Crippen MR) is 59.8 cm³/mol. The maximum atomic E-state index is 11.5. The van der Waals surface area contributed by atoms with Gasteiger partial charge in [0.2, 0.25) is 5.91 Å². The molecule has 1 rings (SSSR count). The largest absolute Gasteiger partial charge is 0.383 e. The average molecular weight is 207 g/mol. The van der Waals surface area contributed by atoms with Gasteiger partial charge in [-0.25, -0.2) is 0 Å². The van der Waals surface area contributed by atoms with E-state index in [1.54, 1.807) is 7.11 Å². The SMILES string of the molecule is COCCNC(=O)Cc1ccccc1C. The molecule has 82 valence electrons. The van der Waals surface area contributed by atoms with Gasteiger partial charge in [0.05, 0.1) is 13.0 Å². The second kappa shape index (κ2) is 6.19. The van der Waals surface area contributed by atoms with Crippen molar-refractivity contribution in [3.63, 3.8) is 0 Å². The molecule has 0 saturated carbocycles. The average Bonchev–Trinajstić information content (AvgIpc) is 2.22. The first-order chi connectivity index (χ1) is 7.24. The molecule has 0 spiro atoms. The fraction of sp³-hybridized carbons (Fsp3) is 0.417. The van der Waals surface area contributed by atoms with Crippen LogP contribution in [0.4, 0.5) is 0 Å². The number of hydrogen-bond donors (Lipinski definition) is 1. The van der Waals surface area contributed by atoms with Crippen LogP contribution in [0.25, 0.3) is 0 Å². The van der Waals surface area contributed by atoms with Crippen LogP contribution >= 0.6 is 0 Å².